The van der Waals surface area contributed by atoms with E-state index in [2.05, 4.69) is 35.6 Å². The molecule has 1 unspecified atom stereocenters. The lowest BCUT2D eigenvalue weighted by Gasteiger charge is -2.19. The molecule has 0 aliphatic carbocycles. The molecule has 0 radical (unpaired) electrons. The maximum Gasteiger partial charge on any atom is 0.320 e. The van der Waals surface area contributed by atoms with Gasteiger partial charge in [0.2, 0.25) is 0 Å². The quantitative estimate of drug-likeness (QED) is 0.457. The summed E-state index contributed by atoms with van der Waals surface area (Å²) in [5, 5.41) is 8.86. The average Bonchev–Trinajstić information content (AvgIpc) is 1.96. The number of unbranched alkanes of at least 4 members (excludes halogenated alkanes) is 1. The molecule has 0 aromatic heterocycles. The number of halogens is 1. The minimum Gasteiger partial charge on any atom is -0.480 e. The molecule has 0 amide bonds. The third kappa shape index (κ3) is 6.60. The van der Waals surface area contributed by atoms with Crippen LogP contribution in [0.3, 0.4) is 0 Å². The van der Waals surface area contributed by atoms with Crippen molar-refractivity contribution in [2.24, 2.45) is 0 Å². The van der Waals surface area contributed by atoms with E-state index in [1.54, 1.807) is 6.92 Å². The molecule has 0 spiro atoms. The van der Waals surface area contributed by atoms with E-state index < -0.39 is 18.4 Å². The summed E-state index contributed by atoms with van der Waals surface area (Å²) < 4.78 is -0.730. The smallest absolute Gasteiger partial charge is 0.320 e. The molecule has 0 saturated heterocycles. The molecule has 14 heavy (non-hydrogen) atoms. The zero-order chi connectivity index (χ0) is 11.4. The molecule has 0 saturated carbocycles. The van der Waals surface area contributed by atoms with Crippen molar-refractivity contribution in [2.45, 2.75) is 56.2 Å². The van der Waals surface area contributed by atoms with E-state index in [-0.39, 0.29) is 0 Å². The summed E-state index contributed by atoms with van der Waals surface area (Å²) in [4.78, 5) is 10.8. The summed E-state index contributed by atoms with van der Waals surface area (Å²) in [6.07, 6.45) is 2.87. The van der Waals surface area contributed by atoms with Crippen LogP contribution in [0.2, 0.25) is 25.7 Å². The summed E-state index contributed by atoms with van der Waals surface area (Å²) >= 11 is 3.24. The maximum absolute atomic E-state index is 10.8. The van der Waals surface area contributed by atoms with Crippen molar-refractivity contribution >= 4 is 30.0 Å². The Hall–Kier alpha value is 0.167. The van der Waals surface area contributed by atoms with Gasteiger partial charge in [-0.3, -0.25) is 4.79 Å². The van der Waals surface area contributed by atoms with Crippen LogP contribution < -0.4 is 0 Å². The molecule has 0 bridgehead atoms. The highest BCUT2D eigenvalue weighted by Gasteiger charge is 2.28. The first kappa shape index (κ1) is 14.2. The summed E-state index contributed by atoms with van der Waals surface area (Å²) in [7, 11) is -0.943. The van der Waals surface area contributed by atoms with Crippen LogP contribution in [0.5, 0.6) is 0 Å². The van der Waals surface area contributed by atoms with Crippen LogP contribution in [-0.4, -0.2) is 23.5 Å². The highest BCUT2D eigenvalue weighted by molar-refractivity contribution is 9.10. The van der Waals surface area contributed by atoms with Gasteiger partial charge in [0.05, 0.1) is 0 Å². The summed E-state index contributed by atoms with van der Waals surface area (Å²) in [5.74, 6) is -0.759. The SMILES string of the molecule is CC(Br)(CCCC[Si](C)(C)C)C(=O)O. The third-order valence-electron chi connectivity index (χ3n) is 2.27. The monoisotopic (exact) mass is 280 g/mol. The van der Waals surface area contributed by atoms with Gasteiger partial charge >= 0.3 is 5.97 Å². The summed E-state index contributed by atoms with van der Waals surface area (Å²) in [6, 6.07) is 1.29. The second kappa shape index (κ2) is 5.31. The van der Waals surface area contributed by atoms with Crippen molar-refractivity contribution in [2.75, 3.05) is 0 Å². The first-order valence-electron chi connectivity index (χ1n) is 5.07. The Balaban J connectivity index is 3.70. The van der Waals surface area contributed by atoms with E-state index in [1.807, 2.05) is 0 Å². The van der Waals surface area contributed by atoms with Gasteiger partial charge in [0.15, 0.2) is 0 Å². The normalized spacial score (nSPS) is 16.4. The van der Waals surface area contributed by atoms with Crippen LogP contribution in [-0.2, 0) is 4.79 Å². The van der Waals surface area contributed by atoms with Crippen molar-refractivity contribution in [3.8, 4) is 0 Å². The molecular formula is C10H21BrO2Si. The molecule has 0 aliphatic heterocycles. The predicted molar refractivity (Wildman–Crippen MR) is 67.0 cm³/mol. The van der Waals surface area contributed by atoms with Gasteiger partial charge in [-0.1, -0.05) is 54.5 Å². The zero-order valence-corrected chi connectivity index (χ0v) is 12.1. The van der Waals surface area contributed by atoms with Crippen molar-refractivity contribution in [3.05, 3.63) is 0 Å². The van der Waals surface area contributed by atoms with E-state index in [1.165, 1.54) is 6.04 Å². The van der Waals surface area contributed by atoms with Crippen LogP contribution in [0.1, 0.15) is 26.2 Å². The Labute approximate surface area is 96.2 Å². The lowest BCUT2D eigenvalue weighted by molar-refractivity contribution is -0.139. The lowest BCUT2D eigenvalue weighted by Crippen LogP contribution is -2.27. The van der Waals surface area contributed by atoms with Crippen molar-refractivity contribution in [1.82, 2.24) is 0 Å². The molecule has 84 valence electrons. The molecule has 0 aromatic carbocycles. The molecule has 0 rings (SSSR count). The van der Waals surface area contributed by atoms with Crippen LogP contribution in [0.15, 0.2) is 0 Å². The van der Waals surface area contributed by atoms with E-state index in [4.69, 9.17) is 5.11 Å². The van der Waals surface area contributed by atoms with Gasteiger partial charge in [-0.2, -0.15) is 0 Å². The summed E-state index contributed by atoms with van der Waals surface area (Å²) in [5.41, 5.74) is 0. The van der Waals surface area contributed by atoms with Crippen LogP contribution in [0.4, 0.5) is 0 Å². The highest BCUT2D eigenvalue weighted by Crippen LogP contribution is 2.26. The Morgan fingerprint density at radius 1 is 1.36 bits per heavy atom. The lowest BCUT2D eigenvalue weighted by atomic mass is 10.0. The van der Waals surface area contributed by atoms with E-state index in [0.29, 0.717) is 6.42 Å². The van der Waals surface area contributed by atoms with Crippen molar-refractivity contribution < 1.29 is 9.90 Å². The molecule has 0 aromatic rings. The Kier molecular flexibility index (Phi) is 5.37. The molecular weight excluding hydrogens is 260 g/mol. The number of carboxylic acids is 1. The van der Waals surface area contributed by atoms with Gasteiger partial charge in [-0.15, -0.1) is 0 Å². The number of carboxylic acid groups (broad SMARTS) is 1. The first-order valence-corrected chi connectivity index (χ1v) is 9.57. The second-order valence-corrected chi connectivity index (χ2v) is 12.6. The van der Waals surface area contributed by atoms with Crippen LogP contribution >= 0.6 is 15.9 Å². The van der Waals surface area contributed by atoms with Crippen LogP contribution in [0, 0.1) is 0 Å². The Morgan fingerprint density at radius 3 is 2.21 bits per heavy atom. The van der Waals surface area contributed by atoms with E-state index in [0.717, 1.165) is 12.8 Å². The predicted octanol–water partition coefficient (Wildman–Crippen LogP) is 3.73. The maximum atomic E-state index is 10.8. The van der Waals surface area contributed by atoms with Crippen LogP contribution in [0.25, 0.3) is 0 Å². The van der Waals surface area contributed by atoms with Gasteiger partial charge in [0.25, 0.3) is 0 Å². The number of rotatable bonds is 6. The molecule has 0 fully saturated rings. The van der Waals surface area contributed by atoms with Crippen molar-refractivity contribution in [1.29, 1.82) is 0 Å². The number of carbonyl (C=O) groups is 1. The molecule has 0 aliphatic rings. The van der Waals surface area contributed by atoms with Gasteiger partial charge in [-0.05, 0) is 13.3 Å². The third-order valence-corrected chi connectivity index (χ3v) is 4.86. The largest absolute Gasteiger partial charge is 0.480 e. The second-order valence-electron chi connectivity index (χ2n) is 5.27. The number of aliphatic carboxylic acids is 1. The average molecular weight is 281 g/mol. The minimum atomic E-state index is -0.943. The van der Waals surface area contributed by atoms with Gasteiger partial charge in [-0.25, -0.2) is 0 Å². The fraction of sp³-hybridized carbons (Fsp3) is 0.900. The van der Waals surface area contributed by atoms with Gasteiger partial charge in [0, 0.05) is 8.07 Å². The Morgan fingerprint density at radius 2 is 1.86 bits per heavy atom. The fourth-order valence-electron chi connectivity index (χ4n) is 1.22. The molecule has 0 heterocycles. The molecule has 4 heteroatoms. The fourth-order valence-corrected chi connectivity index (χ4v) is 2.81. The van der Waals surface area contributed by atoms with Gasteiger partial charge < -0.3 is 5.11 Å². The van der Waals surface area contributed by atoms with E-state index >= 15 is 0 Å². The van der Waals surface area contributed by atoms with Gasteiger partial charge in [0.1, 0.15) is 4.32 Å². The topological polar surface area (TPSA) is 37.3 Å². The molecule has 1 atom stereocenters. The zero-order valence-electron chi connectivity index (χ0n) is 9.56. The Bertz CT molecular complexity index is 197. The summed E-state index contributed by atoms with van der Waals surface area (Å²) in [6.45, 7) is 8.76. The standard InChI is InChI=1S/C10H21BrO2Si/c1-10(11,9(12)13)7-5-6-8-14(2,3)4/h5-8H2,1-4H3,(H,12,13). The number of alkyl halides is 1. The van der Waals surface area contributed by atoms with Crippen molar-refractivity contribution in [3.63, 3.8) is 0 Å². The first-order chi connectivity index (χ1) is 6.15. The number of hydrogen-bond acceptors (Lipinski definition) is 1. The minimum absolute atomic E-state index is 0.715. The number of hydrogen-bond donors (Lipinski definition) is 1. The van der Waals surface area contributed by atoms with E-state index in [9.17, 15) is 4.79 Å². The molecule has 2 nitrogen and oxygen atoms in total. The highest BCUT2D eigenvalue weighted by atomic mass is 79.9. The molecule has 1 N–H and O–H groups in total.